The van der Waals surface area contributed by atoms with Crippen LogP contribution in [0.5, 0.6) is 0 Å². The maximum absolute atomic E-state index is 5.84. The minimum absolute atomic E-state index is 0.0241. The predicted molar refractivity (Wildman–Crippen MR) is 84.8 cm³/mol. The van der Waals surface area contributed by atoms with Crippen molar-refractivity contribution in [2.75, 3.05) is 5.73 Å². The molecule has 1 aromatic carbocycles. The van der Waals surface area contributed by atoms with E-state index in [0.29, 0.717) is 29.1 Å². The Morgan fingerprint density at radius 2 is 2.09 bits per heavy atom. The van der Waals surface area contributed by atoms with Crippen molar-refractivity contribution >= 4 is 23.8 Å². The van der Waals surface area contributed by atoms with Crippen LogP contribution in [0.4, 0.5) is 5.95 Å². The molecule has 0 bridgehead atoms. The van der Waals surface area contributed by atoms with Gasteiger partial charge in [-0.2, -0.15) is 4.98 Å². The molecule has 3 N–H and O–H groups in total. The Morgan fingerprint density at radius 1 is 1.32 bits per heavy atom. The Balaban J connectivity index is 1.71. The number of hydrogen-bond acceptors (Lipinski definition) is 6. The first-order valence-electron chi connectivity index (χ1n) is 6.89. The molecule has 8 heteroatoms. The summed E-state index contributed by atoms with van der Waals surface area (Å²) in [5.74, 6) is 0.937. The summed E-state index contributed by atoms with van der Waals surface area (Å²) >= 11 is 5.12. The van der Waals surface area contributed by atoms with Crippen molar-refractivity contribution in [2.45, 2.75) is 26.1 Å². The smallest absolute Gasteiger partial charge is 0.214 e. The van der Waals surface area contributed by atoms with Crippen LogP contribution in [0.1, 0.15) is 18.3 Å². The van der Waals surface area contributed by atoms with Crippen LogP contribution in [0.3, 0.4) is 0 Å². The highest BCUT2D eigenvalue weighted by atomic mass is 32.1. The highest BCUT2D eigenvalue weighted by Gasteiger charge is 2.13. The Kier molecular flexibility index (Phi) is 4.12. The molecule has 0 aliphatic heterocycles. The van der Waals surface area contributed by atoms with E-state index in [1.165, 1.54) is 0 Å². The summed E-state index contributed by atoms with van der Waals surface area (Å²) in [7, 11) is 0. The lowest BCUT2D eigenvalue weighted by atomic mass is 10.2. The third kappa shape index (κ3) is 3.12. The van der Waals surface area contributed by atoms with Gasteiger partial charge in [0.1, 0.15) is 0 Å². The number of nitrogen functional groups attached to an aromatic ring is 1. The van der Waals surface area contributed by atoms with Gasteiger partial charge in [-0.15, -0.1) is 10.2 Å². The quantitative estimate of drug-likeness (QED) is 0.698. The topological polar surface area (TPSA) is 94.1 Å². The minimum Gasteiger partial charge on any atom is -0.373 e. The number of H-pyrrole nitrogens is 1. The number of nitrogens with zero attached hydrogens (tertiary/aromatic N) is 4. The molecule has 0 saturated heterocycles. The fourth-order valence-electron chi connectivity index (χ4n) is 2.13. The van der Waals surface area contributed by atoms with Gasteiger partial charge in [-0.3, -0.25) is 5.10 Å². The monoisotopic (exact) mass is 316 g/mol. The zero-order valence-corrected chi connectivity index (χ0v) is 12.9. The zero-order chi connectivity index (χ0) is 15.5. The SMILES string of the molecule is C[C@H](Cc1nnc2c(=S)nc(N)[nH]n12)OCc1ccccc1. The fraction of sp³-hybridized carbons (Fsp3) is 0.286. The van der Waals surface area contributed by atoms with Crippen LogP contribution in [0.15, 0.2) is 30.3 Å². The molecule has 3 rings (SSSR count). The number of aromatic nitrogens is 5. The minimum atomic E-state index is -0.0241. The molecule has 0 unspecified atom stereocenters. The number of nitrogens with one attached hydrogen (secondary N) is 1. The van der Waals surface area contributed by atoms with Crippen molar-refractivity contribution in [3.05, 3.63) is 46.4 Å². The molecule has 7 nitrogen and oxygen atoms in total. The van der Waals surface area contributed by atoms with Gasteiger partial charge < -0.3 is 10.5 Å². The van der Waals surface area contributed by atoms with Gasteiger partial charge in [0.15, 0.2) is 10.5 Å². The summed E-state index contributed by atoms with van der Waals surface area (Å²) in [4.78, 5) is 3.95. The Labute approximate surface area is 132 Å². The van der Waals surface area contributed by atoms with Crippen molar-refractivity contribution in [1.82, 2.24) is 24.8 Å². The number of aromatic amines is 1. The van der Waals surface area contributed by atoms with Crippen LogP contribution in [0.25, 0.3) is 5.65 Å². The van der Waals surface area contributed by atoms with E-state index < -0.39 is 0 Å². The van der Waals surface area contributed by atoms with Gasteiger partial charge in [-0.05, 0) is 12.5 Å². The number of ether oxygens (including phenoxy) is 1. The molecule has 114 valence electrons. The highest BCUT2D eigenvalue weighted by Crippen LogP contribution is 2.10. The summed E-state index contributed by atoms with van der Waals surface area (Å²) < 4.78 is 7.83. The van der Waals surface area contributed by atoms with E-state index in [1.807, 2.05) is 37.3 Å². The van der Waals surface area contributed by atoms with Crippen LogP contribution in [0.2, 0.25) is 0 Å². The summed E-state index contributed by atoms with van der Waals surface area (Å²) in [6.45, 7) is 2.54. The van der Waals surface area contributed by atoms with Crippen molar-refractivity contribution in [2.24, 2.45) is 0 Å². The molecule has 0 aliphatic rings. The van der Waals surface area contributed by atoms with E-state index in [-0.39, 0.29) is 12.1 Å². The first-order valence-corrected chi connectivity index (χ1v) is 7.29. The number of rotatable bonds is 5. The van der Waals surface area contributed by atoms with Crippen LogP contribution in [-0.2, 0) is 17.8 Å². The molecule has 0 fully saturated rings. The third-order valence-electron chi connectivity index (χ3n) is 3.22. The average molecular weight is 316 g/mol. The maximum Gasteiger partial charge on any atom is 0.214 e. The maximum atomic E-state index is 5.84. The number of hydrogen-bond donors (Lipinski definition) is 2. The lowest BCUT2D eigenvalue weighted by Gasteiger charge is -2.12. The van der Waals surface area contributed by atoms with Gasteiger partial charge in [-0.1, -0.05) is 42.5 Å². The van der Waals surface area contributed by atoms with E-state index in [0.717, 1.165) is 5.56 Å². The number of benzene rings is 1. The molecular weight excluding hydrogens is 300 g/mol. The van der Waals surface area contributed by atoms with Crippen molar-refractivity contribution in [3.63, 3.8) is 0 Å². The molecule has 22 heavy (non-hydrogen) atoms. The van der Waals surface area contributed by atoms with Crippen LogP contribution >= 0.6 is 12.2 Å². The lowest BCUT2D eigenvalue weighted by Crippen LogP contribution is -2.15. The van der Waals surface area contributed by atoms with Gasteiger partial charge in [-0.25, -0.2) is 4.52 Å². The molecular formula is C14H16N6OS. The standard InChI is InChI=1S/C14H16N6OS/c1-9(21-8-10-5-3-2-4-6-10)7-11-17-18-12-13(22)16-14(15)19-20(11)12/h2-6,9H,7-8H2,1H3,(H3,15,16,19,22)/t9-/m1/s1. The number of anilines is 1. The van der Waals surface area contributed by atoms with Gasteiger partial charge in [0.25, 0.3) is 0 Å². The van der Waals surface area contributed by atoms with E-state index >= 15 is 0 Å². The summed E-state index contributed by atoms with van der Waals surface area (Å²) in [5.41, 5.74) is 7.30. The summed E-state index contributed by atoms with van der Waals surface area (Å²) in [6, 6.07) is 10.0. The van der Waals surface area contributed by atoms with Crippen LogP contribution in [0, 0.1) is 4.64 Å². The van der Waals surface area contributed by atoms with Gasteiger partial charge in [0, 0.05) is 6.42 Å². The van der Waals surface area contributed by atoms with Gasteiger partial charge in [0.2, 0.25) is 11.6 Å². The molecule has 0 saturated carbocycles. The van der Waals surface area contributed by atoms with Crippen LogP contribution < -0.4 is 5.73 Å². The van der Waals surface area contributed by atoms with E-state index in [1.54, 1.807) is 4.52 Å². The third-order valence-corrected chi connectivity index (χ3v) is 3.49. The van der Waals surface area contributed by atoms with Gasteiger partial charge in [0.05, 0.1) is 12.7 Å². The Hall–Kier alpha value is -2.32. The van der Waals surface area contributed by atoms with Crippen molar-refractivity contribution < 1.29 is 4.74 Å². The van der Waals surface area contributed by atoms with Crippen molar-refractivity contribution in [3.8, 4) is 0 Å². The van der Waals surface area contributed by atoms with E-state index in [2.05, 4.69) is 20.3 Å². The molecule has 3 aromatic rings. The summed E-state index contributed by atoms with van der Waals surface area (Å²) in [5, 5.41) is 11.1. The molecule has 2 aromatic heterocycles. The molecule has 1 atom stereocenters. The second-order valence-corrected chi connectivity index (χ2v) is 5.39. The number of nitrogens with two attached hydrogens (primary N) is 1. The Morgan fingerprint density at radius 3 is 2.86 bits per heavy atom. The lowest BCUT2D eigenvalue weighted by molar-refractivity contribution is 0.0519. The first kappa shape index (κ1) is 14.6. The zero-order valence-electron chi connectivity index (χ0n) is 12.1. The molecule has 2 heterocycles. The van der Waals surface area contributed by atoms with Crippen molar-refractivity contribution in [1.29, 1.82) is 0 Å². The molecule has 0 aliphatic carbocycles. The van der Waals surface area contributed by atoms with Crippen LogP contribution in [-0.4, -0.2) is 30.9 Å². The normalized spacial score (nSPS) is 12.6. The molecule has 0 spiro atoms. The second-order valence-electron chi connectivity index (χ2n) is 5.00. The van der Waals surface area contributed by atoms with E-state index in [9.17, 15) is 0 Å². The highest BCUT2D eigenvalue weighted by molar-refractivity contribution is 7.71. The number of fused-ring (bicyclic) bond motifs is 1. The molecule has 0 radical (unpaired) electrons. The molecule has 0 amide bonds. The Bertz CT molecular complexity index is 828. The second kappa shape index (κ2) is 6.20. The average Bonchev–Trinajstić information content (AvgIpc) is 2.89. The largest absolute Gasteiger partial charge is 0.373 e. The summed E-state index contributed by atoms with van der Waals surface area (Å²) in [6.07, 6.45) is 0.562. The van der Waals surface area contributed by atoms with E-state index in [4.69, 9.17) is 22.7 Å². The van der Waals surface area contributed by atoms with Gasteiger partial charge >= 0.3 is 0 Å². The first-order chi connectivity index (χ1) is 10.6. The fourth-order valence-corrected chi connectivity index (χ4v) is 2.36. The predicted octanol–water partition coefficient (Wildman–Crippen LogP) is 1.91.